The first-order valence-corrected chi connectivity index (χ1v) is 10.1. The van der Waals surface area contributed by atoms with Crippen LogP contribution in [-0.4, -0.2) is 45.5 Å². The number of carbonyl (C=O) groups is 1. The van der Waals surface area contributed by atoms with Crippen LogP contribution in [0.1, 0.15) is 12.8 Å². The molecule has 0 aliphatic carbocycles. The number of amides is 1. The zero-order valence-electron chi connectivity index (χ0n) is 13.6. The lowest BCUT2D eigenvalue weighted by Crippen LogP contribution is -2.32. The minimum atomic E-state index is -0.00580. The van der Waals surface area contributed by atoms with Crippen LogP contribution in [0.4, 0.5) is 0 Å². The van der Waals surface area contributed by atoms with Gasteiger partial charge in [-0.05, 0) is 18.4 Å². The summed E-state index contributed by atoms with van der Waals surface area (Å²) in [7, 11) is 0. The molecule has 130 valence electrons. The van der Waals surface area contributed by atoms with Gasteiger partial charge < -0.3 is 10.1 Å². The van der Waals surface area contributed by atoms with Gasteiger partial charge in [0.1, 0.15) is 0 Å². The lowest BCUT2D eigenvalue weighted by Gasteiger charge is -2.10. The van der Waals surface area contributed by atoms with E-state index in [9.17, 15) is 4.79 Å². The molecule has 0 unspecified atom stereocenters. The van der Waals surface area contributed by atoms with Crippen molar-refractivity contribution in [2.75, 3.05) is 18.9 Å². The number of rotatable bonds is 6. The first kappa shape index (κ1) is 16.6. The Morgan fingerprint density at radius 3 is 3.04 bits per heavy atom. The highest BCUT2D eigenvalue weighted by atomic mass is 32.2. The van der Waals surface area contributed by atoms with E-state index in [1.165, 1.54) is 11.8 Å². The Bertz CT molecular complexity index is 856. The summed E-state index contributed by atoms with van der Waals surface area (Å²) in [5.41, 5.74) is 2.16. The van der Waals surface area contributed by atoms with Crippen molar-refractivity contribution in [3.8, 4) is 11.3 Å². The number of hydrogen-bond acceptors (Lipinski definition) is 6. The molecule has 1 atom stereocenters. The van der Waals surface area contributed by atoms with Crippen LogP contribution in [0, 0.1) is 0 Å². The van der Waals surface area contributed by atoms with E-state index >= 15 is 0 Å². The lowest BCUT2D eigenvalue weighted by atomic mass is 10.2. The molecule has 1 aromatic carbocycles. The fraction of sp³-hybridized carbons (Fsp3) is 0.353. The third-order valence-electron chi connectivity index (χ3n) is 4.07. The predicted molar refractivity (Wildman–Crippen MR) is 99.0 cm³/mol. The molecule has 1 fully saturated rings. The van der Waals surface area contributed by atoms with Crippen LogP contribution in [0.5, 0.6) is 0 Å². The second-order valence-corrected chi connectivity index (χ2v) is 7.59. The van der Waals surface area contributed by atoms with Gasteiger partial charge in [0.05, 0.1) is 17.6 Å². The standard InChI is InChI=1S/C17H18N4O2S2/c22-15(18-9-13-7-4-8-23-13)11-25-17-20-19-16-21(17)14(10-24-16)12-5-2-1-3-6-12/h1-3,5-6,10,13H,4,7-9,11H2,(H,18,22)/t13-/m0/s1. The molecular weight excluding hydrogens is 356 g/mol. The van der Waals surface area contributed by atoms with Crippen LogP contribution in [0.3, 0.4) is 0 Å². The third kappa shape index (κ3) is 3.70. The summed E-state index contributed by atoms with van der Waals surface area (Å²) in [5.74, 6) is 0.311. The van der Waals surface area contributed by atoms with E-state index in [2.05, 4.69) is 33.0 Å². The zero-order chi connectivity index (χ0) is 17.1. The van der Waals surface area contributed by atoms with E-state index in [1.807, 2.05) is 22.6 Å². The SMILES string of the molecule is O=C(CSc1nnc2scc(-c3ccccc3)n12)NC[C@@H]1CCCO1. The molecule has 2 aromatic heterocycles. The maximum Gasteiger partial charge on any atom is 0.230 e. The van der Waals surface area contributed by atoms with Crippen LogP contribution >= 0.6 is 23.1 Å². The molecule has 1 saturated heterocycles. The maximum absolute atomic E-state index is 12.1. The van der Waals surface area contributed by atoms with E-state index < -0.39 is 0 Å². The number of carbonyl (C=O) groups excluding carboxylic acids is 1. The van der Waals surface area contributed by atoms with Gasteiger partial charge in [0.25, 0.3) is 0 Å². The normalized spacial score (nSPS) is 17.2. The number of fused-ring (bicyclic) bond motifs is 1. The molecule has 3 aromatic rings. The molecule has 1 N–H and O–H groups in total. The van der Waals surface area contributed by atoms with Gasteiger partial charge in [-0.15, -0.1) is 21.5 Å². The Morgan fingerprint density at radius 1 is 1.36 bits per heavy atom. The molecule has 0 spiro atoms. The van der Waals surface area contributed by atoms with Crippen molar-refractivity contribution in [3.63, 3.8) is 0 Å². The van der Waals surface area contributed by atoms with E-state index in [0.717, 1.165) is 40.8 Å². The highest BCUT2D eigenvalue weighted by Crippen LogP contribution is 2.29. The first-order chi connectivity index (χ1) is 12.3. The van der Waals surface area contributed by atoms with E-state index in [1.54, 1.807) is 11.3 Å². The number of benzene rings is 1. The number of thiazole rings is 1. The summed E-state index contributed by atoms with van der Waals surface area (Å²) >= 11 is 2.95. The van der Waals surface area contributed by atoms with Crippen LogP contribution in [-0.2, 0) is 9.53 Å². The molecule has 0 radical (unpaired) electrons. The van der Waals surface area contributed by atoms with Crippen LogP contribution in [0.2, 0.25) is 0 Å². The van der Waals surface area contributed by atoms with Gasteiger partial charge >= 0.3 is 0 Å². The van der Waals surface area contributed by atoms with Gasteiger partial charge in [0.2, 0.25) is 10.9 Å². The summed E-state index contributed by atoms with van der Waals surface area (Å²) < 4.78 is 7.53. The summed E-state index contributed by atoms with van der Waals surface area (Å²) in [6, 6.07) is 10.1. The molecule has 0 bridgehead atoms. The monoisotopic (exact) mass is 374 g/mol. The number of ether oxygens (including phenoxy) is 1. The second kappa shape index (κ2) is 7.55. The summed E-state index contributed by atoms with van der Waals surface area (Å²) in [6.45, 7) is 1.38. The van der Waals surface area contributed by atoms with Gasteiger partial charge in [-0.3, -0.25) is 9.20 Å². The second-order valence-electron chi connectivity index (χ2n) is 5.82. The summed E-state index contributed by atoms with van der Waals surface area (Å²) in [6.07, 6.45) is 2.26. The van der Waals surface area contributed by atoms with Crippen LogP contribution in [0.15, 0.2) is 40.9 Å². The fourth-order valence-corrected chi connectivity index (χ4v) is 4.48. The molecule has 4 rings (SSSR count). The Hall–Kier alpha value is -1.90. The smallest absolute Gasteiger partial charge is 0.230 e. The molecular formula is C17H18N4O2S2. The van der Waals surface area contributed by atoms with E-state index in [-0.39, 0.29) is 12.0 Å². The van der Waals surface area contributed by atoms with Gasteiger partial charge in [-0.25, -0.2) is 0 Å². The lowest BCUT2D eigenvalue weighted by molar-refractivity contribution is -0.119. The van der Waals surface area contributed by atoms with Gasteiger partial charge in [0, 0.05) is 18.5 Å². The highest BCUT2D eigenvalue weighted by Gasteiger charge is 2.18. The number of nitrogens with one attached hydrogen (secondary N) is 1. The first-order valence-electron chi connectivity index (χ1n) is 8.20. The van der Waals surface area contributed by atoms with Crippen molar-refractivity contribution >= 4 is 34.0 Å². The topological polar surface area (TPSA) is 68.5 Å². The number of aromatic nitrogens is 3. The van der Waals surface area contributed by atoms with Gasteiger partial charge in [-0.2, -0.15) is 0 Å². The maximum atomic E-state index is 12.1. The quantitative estimate of drug-likeness (QED) is 0.672. The number of hydrogen-bond donors (Lipinski definition) is 1. The van der Waals surface area contributed by atoms with Gasteiger partial charge in [0.15, 0.2) is 5.16 Å². The third-order valence-corrected chi connectivity index (χ3v) is 5.82. The number of nitrogens with zero attached hydrogens (tertiary/aromatic N) is 3. The van der Waals surface area contributed by atoms with Crippen molar-refractivity contribution in [1.29, 1.82) is 0 Å². The summed E-state index contributed by atoms with van der Waals surface area (Å²) in [4.78, 5) is 12.9. The Balaban J connectivity index is 1.43. The minimum absolute atomic E-state index is 0.00580. The van der Waals surface area contributed by atoms with Crippen molar-refractivity contribution in [2.24, 2.45) is 0 Å². The van der Waals surface area contributed by atoms with Crippen LogP contribution < -0.4 is 5.32 Å². The molecule has 1 amide bonds. The molecule has 6 nitrogen and oxygen atoms in total. The fourth-order valence-electron chi connectivity index (χ4n) is 2.81. The van der Waals surface area contributed by atoms with E-state index in [0.29, 0.717) is 12.3 Å². The highest BCUT2D eigenvalue weighted by molar-refractivity contribution is 7.99. The van der Waals surface area contributed by atoms with E-state index in [4.69, 9.17) is 4.74 Å². The molecule has 1 aliphatic heterocycles. The van der Waals surface area contributed by atoms with Crippen molar-refractivity contribution in [1.82, 2.24) is 19.9 Å². The Labute approximate surface area is 153 Å². The average Bonchev–Trinajstić information content (AvgIpc) is 3.37. The zero-order valence-corrected chi connectivity index (χ0v) is 15.2. The molecule has 8 heteroatoms. The summed E-state index contributed by atoms with van der Waals surface area (Å²) in [5, 5.41) is 14.2. The van der Waals surface area contributed by atoms with Crippen molar-refractivity contribution < 1.29 is 9.53 Å². The van der Waals surface area contributed by atoms with Gasteiger partial charge in [-0.1, -0.05) is 42.1 Å². The minimum Gasteiger partial charge on any atom is -0.376 e. The predicted octanol–water partition coefficient (Wildman–Crippen LogP) is 2.85. The Kier molecular flexibility index (Phi) is 5.00. The molecule has 25 heavy (non-hydrogen) atoms. The average molecular weight is 374 g/mol. The molecule has 1 aliphatic rings. The molecule has 3 heterocycles. The van der Waals surface area contributed by atoms with Crippen molar-refractivity contribution in [3.05, 3.63) is 35.7 Å². The Morgan fingerprint density at radius 2 is 2.24 bits per heavy atom. The van der Waals surface area contributed by atoms with Crippen LogP contribution in [0.25, 0.3) is 16.2 Å². The number of thioether (sulfide) groups is 1. The largest absolute Gasteiger partial charge is 0.376 e. The van der Waals surface area contributed by atoms with Crippen molar-refractivity contribution in [2.45, 2.75) is 24.1 Å². The molecule has 0 saturated carbocycles.